The largest absolute Gasteiger partial charge is 0.322 e. The molecule has 0 saturated heterocycles. The van der Waals surface area contributed by atoms with E-state index in [4.69, 9.17) is 0 Å². The summed E-state index contributed by atoms with van der Waals surface area (Å²) < 4.78 is 0. The lowest BCUT2D eigenvalue weighted by molar-refractivity contribution is -0.111. The maximum absolute atomic E-state index is 11.4. The van der Waals surface area contributed by atoms with Crippen molar-refractivity contribution in [1.82, 2.24) is 0 Å². The summed E-state index contributed by atoms with van der Waals surface area (Å²) in [5, 5.41) is 2.88. The molecule has 0 aliphatic heterocycles. The molecule has 0 aromatic heterocycles. The van der Waals surface area contributed by atoms with Gasteiger partial charge < -0.3 is 5.32 Å². The van der Waals surface area contributed by atoms with Gasteiger partial charge in [0.15, 0.2) is 0 Å². The zero-order valence-electron chi connectivity index (χ0n) is 9.72. The minimum atomic E-state index is -0.0763. The molecule has 0 radical (unpaired) electrons. The molecule has 1 rings (SSSR count). The first kappa shape index (κ1) is 11.5. The predicted octanol–water partition coefficient (Wildman–Crippen LogP) is 3.13. The van der Waals surface area contributed by atoms with Gasteiger partial charge >= 0.3 is 0 Å². The lowest BCUT2D eigenvalue weighted by atomic mass is 10.1. The first-order valence-corrected chi connectivity index (χ1v) is 5.06. The van der Waals surface area contributed by atoms with Crippen molar-refractivity contribution in [3.8, 4) is 0 Å². The highest BCUT2D eigenvalue weighted by Crippen LogP contribution is 2.21. The minimum Gasteiger partial charge on any atom is -0.322 e. The Hall–Kier alpha value is -1.57. The van der Waals surface area contributed by atoms with Crippen LogP contribution in [-0.2, 0) is 4.79 Å². The van der Waals surface area contributed by atoms with Crippen LogP contribution in [0.1, 0.15) is 23.6 Å². The van der Waals surface area contributed by atoms with Gasteiger partial charge in [-0.3, -0.25) is 4.79 Å². The van der Waals surface area contributed by atoms with Crippen LogP contribution in [0.25, 0.3) is 0 Å². The third kappa shape index (κ3) is 2.94. The van der Waals surface area contributed by atoms with Gasteiger partial charge in [0.05, 0.1) is 0 Å². The molecule has 0 fully saturated rings. The Morgan fingerprint density at radius 3 is 2.20 bits per heavy atom. The number of benzene rings is 1. The van der Waals surface area contributed by atoms with Gasteiger partial charge in [-0.05, 0) is 44.9 Å². The number of hydrogen-bond acceptors (Lipinski definition) is 1. The lowest BCUT2D eigenvalue weighted by Crippen LogP contribution is -2.10. The zero-order valence-corrected chi connectivity index (χ0v) is 9.72. The van der Waals surface area contributed by atoms with Gasteiger partial charge in [0.1, 0.15) is 0 Å². The molecule has 0 aliphatic rings. The number of carbonyl (C=O) groups is 1. The van der Waals surface area contributed by atoms with Gasteiger partial charge in [-0.25, -0.2) is 0 Å². The summed E-state index contributed by atoms with van der Waals surface area (Å²) in [6, 6.07) is 4.14. The normalized spacial score (nSPS) is 10.7. The predicted molar refractivity (Wildman–Crippen MR) is 64.1 cm³/mol. The first-order chi connectivity index (χ1) is 7.04. The fourth-order valence-corrected chi connectivity index (χ4v) is 1.69. The summed E-state index contributed by atoms with van der Waals surface area (Å²) in [5.74, 6) is -0.0763. The van der Waals surface area contributed by atoms with Crippen LogP contribution in [0.4, 0.5) is 5.69 Å². The summed E-state index contributed by atoms with van der Waals surface area (Å²) in [5.41, 5.74) is 4.34. The lowest BCUT2D eigenvalue weighted by Gasteiger charge is -2.11. The quantitative estimate of drug-likeness (QED) is 0.735. The number of carbonyl (C=O) groups excluding carboxylic acids is 1. The van der Waals surface area contributed by atoms with Crippen molar-refractivity contribution in [3.63, 3.8) is 0 Å². The van der Waals surface area contributed by atoms with Crippen molar-refractivity contribution in [2.45, 2.75) is 27.7 Å². The molecule has 0 spiro atoms. The Balaban J connectivity index is 3.00. The molecule has 1 N–H and O–H groups in total. The van der Waals surface area contributed by atoms with Gasteiger partial charge in [0.25, 0.3) is 0 Å². The average Bonchev–Trinajstić information content (AvgIpc) is 2.11. The highest BCUT2D eigenvalue weighted by Gasteiger charge is 2.05. The van der Waals surface area contributed by atoms with E-state index in [1.54, 1.807) is 6.08 Å². The second-order valence-corrected chi connectivity index (χ2v) is 3.76. The minimum absolute atomic E-state index is 0.0763. The van der Waals surface area contributed by atoms with E-state index in [1.165, 1.54) is 11.6 Å². The molecular weight excluding hydrogens is 186 g/mol. The van der Waals surface area contributed by atoms with Crippen molar-refractivity contribution in [3.05, 3.63) is 41.0 Å². The van der Waals surface area contributed by atoms with Crippen molar-refractivity contribution in [1.29, 1.82) is 0 Å². The Bertz CT molecular complexity index is 382. The maximum Gasteiger partial charge on any atom is 0.248 e. The Morgan fingerprint density at radius 2 is 1.73 bits per heavy atom. The van der Waals surface area contributed by atoms with Crippen molar-refractivity contribution < 1.29 is 4.79 Å². The number of nitrogens with one attached hydrogen (secondary N) is 1. The maximum atomic E-state index is 11.4. The molecule has 15 heavy (non-hydrogen) atoms. The standard InChI is InChI=1S/C13H17NO/c1-5-6-12(15)14-13-10(3)7-9(2)8-11(13)4/h5-8H,1-4H3,(H,14,15)/b6-5+. The Labute approximate surface area is 91.0 Å². The van der Waals surface area contributed by atoms with Gasteiger partial charge in [-0.15, -0.1) is 0 Å². The summed E-state index contributed by atoms with van der Waals surface area (Å²) in [4.78, 5) is 11.4. The van der Waals surface area contributed by atoms with E-state index < -0.39 is 0 Å². The highest BCUT2D eigenvalue weighted by molar-refractivity contribution is 6.00. The molecule has 0 bridgehead atoms. The molecule has 0 aliphatic carbocycles. The number of rotatable bonds is 2. The number of anilines is 1. The average molecular weight is 203 g/mol. The summed E-state index contributed by atoms with van der Waals surface area (Å²) in [6.07, 6.45) is 3.26. The monoisotopic (exact) mass is 203 g/mol. The fraction of sp³-hybridized carbons (Fsp3) is 0.308. The number of aryl methyl sites for hydroxylation is 3. The van der Waals surface area contributed by atoms with Crippen LogP contribution in [0.15, 0.2) is 24.3 Å². The SMILES string of the molecule is C/C=C/C(=O)Nc1c(C)cc(C)cc1C. The third-order valence-corrected chi connectivity index (χ3v) is 2.24. The zero-order chi connectivity index (χ0) is 11.4. The molecule has 0 atom stereocenters. The summed E-state index contributed by atoms with van der Waals surface area (Å²) in [7, 11) is 0. The molecule has 1 amide bonds. The van der Waals surface area contributed by atoms with E-state index in [-0.39, 0.29) is 5.91 Å². The molecule has 2 nitrogen and oxygen atoms in total. The van der Waals surface area contributed by atoms with Gasteiger partial charge in [0, 0.05) is 5.69 Å². The van der Waals surface area contributed by atoms with Gasteiger partial charge in [0.2, 0.25) is 5.91 Å². The van der Waals surface area contributed by atoms with E-state index in [1.807, 2.05) is 20.8 Å². The second-order valence-electron chi connectivity index (χ2n) is 3.76. The molecule has 0 unspecified atom stereocenters. The number of allylic oxidation sites excluding steroid dienone is 1. The first-order valence-electron chi connectivity index (χ1n) is 5.06. The van der Waals surface area contributed by atoms with Gasteiger partial charge in [-0.1, -0.05) is 23.8 Å². The van der Waals surface area contributed by atoms with Crippen LogP contribution in [0.5, 0.6) is 0 Å². The van der Waals surface area contributed by atoms with Crippen LogP contribution < -0.4 is 5.32 Å². The van der Waals surface area contributed by atoms with Crippen LogP contribution in [-0.4, -0.2) is 5.91 Å². The molecule has 2 heteroatoms. The highest BCUT2D eigenvalue weighted by atomic mass is 16.1. The third-order valence-electron chi connectivity index (χ3n) is 2.24. The summed E-state index contributed by atoms with van der Waals surface area (Å²) in [6.45, 7) is 7.89. The van der Waals surface area contributed by atoms with Gasteiger partial charge in [-0.2, -0.15) is 0 Å². The van der Waals surface area contributed by atoms with Crippen molar-refractivity contribution in [2.75, 3.05) is 5.32 Å². The van der Waals surface area contributed by atoms with E-state index in [0.29, 0.717) is 0 Å². The van der Waals surface area contributed by atoms with E-state index in [2.05, 4.69) is 24.4 Å². The summed E-state index contributed by atoms with van der Waals surface area (Å²) >= 11 is 0. The van der Waals surface area contributed by atoms with Crippen LogP contribution >= 0.6 is 0 Å². The van der Waals surface area contributed by atoms with E-state index in [0.717, 1.165) is 16.8 Å². The van der Waals surface area contributed by atoms with Crippen LogP contribution in [0.2, 0.25) is 0 Å². The second kappa shape index (κ2) is 4.78. The molecular formula is C13H17NO. The van der Waals surface area contributed by atoms with E-state index >= 15 is 0 Å². The molecule has 1 aromatic rings. The van der Waals surface area contributed by atoms with Crippen LogP contribution in [0.3, 0.4) is 0 Å². The van der Waals surface area contributed by atoms with Crippen LogP contribution in [0, 0.1) is 20.8 Å². The molecule has 80 valence electrons. The Kier molecular flexibility index (Phi) is 3.67. The van der Waals surface area contributed by atoms with E-state index in [9.17, 15) is 4.79 Å². The number of hydrogen-bond donors (Lipinski definition) is 1. The fourth-order valence-electron chi connectivity index (χ4n) is 1.69. The van der Waals surface area contributed by atoms with Crippen molar-refractivity contribution >= 4 is 11.6 Å². The molecule has 0 saturated carbocycles. The Morgan fingerprint density at radius 1 is 1.20 bits per heavy atom. The smallest absolute Gasteiger partial charge is 0.248 e. The topological polar surface area (TPSA) is 29.1 Å². The molecule has 1 aromatic carbocycles. The number of amides is 1. The molecule has 0 heterocycles. The van der Waals surface area contributed by atoms with Crippen molar-refractivity contribution in [2.24, 2.45) is 0 Å².